The molecule has 36 heavy (non-hydrogen) atoms. The molecule has 3 rings (SSSR count). The highest BCUT2D eigenvalue weighted by molar-refractivity contribution is 9.10. The molecular formula is C27H35BrN4O4. The van der Waals surface area contributed by atoms with E-state index in [4.69, 9.17) is 15.3 Å². The van der Waals surface area contributed by atoms with Crippen molar-refractivity contribution in [2.45, 2.75) is 45.6 Å². The van der Waals surface area contributed by atoms with Crippen molar-refractivity contribution in [3.63, 3.8) is 0 Å². The lowest BCUT2D eigenvalue weighted by Gasteiger charge is -2.21. The van der Waals surface area contributed by atoms with Crippen LogP contribution in [0.4, 0.5) is 5.69 Å². The molecule has 4 N–H and O–H groups in total. The Morgan fingerprint density at radius 1 is 1.11 bits per heavy atom. The summed E-state index contributed by atoms with van der Waals surface area (Å²) in [5.41, 5.74) is 9.74. The van der Waals surface area contributed by atoms with Gasteiger partial charge < -0.3 is 25.9 Å². The number of carbonyl (C=O) groups is 2. The Kier molecular flexibility index (Phi) is 11.2. The first-order valence-corrected chi connectivity index (χ1v) is 13.2. The van der Waals surface area contributed by atoms with Crippen LogP contribution in [-0.4, -0.2) is 43.9 Å². The number of oxime groups is 1. The number of anilines is 1. The molecule has 0 aliphatic heterocycles. The van der Waals surface area contributed by atoms with Crippen LogP contribution < -0.4 is 16.4 Å². The minimum absolute atomic E-state index is 0.0865. The largest absolute Gasteiger partial charge is 0.465 e. The number of hydrogen-bond donors (Lipinski definition) is 3. The maximum atomic E-state index is 12.3. The number of esters is 1. The second-order valence-corrected chi connectivity index (χ2v) is 9.77. The molecule has 0 unspecified atom stereocenters. The first-order chi connectivity index (χ1) is 17.5. The zero-order valence-electron chi connectivity index (χ0n) is 20.7. The quantitative estimate of drug-likeness (QED) is 0.156. The second kappa shape index (κ2) is 14.6. The fourth-order valence-corrected chi connectivity index (χ4v) is 4.58. The lowest BCUT2D eigenvalue weighted by atomic mass is 9.89. The highest BCUT2D eigenvalue weighted by atomic mass is 79.9. The van der Waals surface area contributed by atoms with Crippen LogP contribution in [0.25, 0.3) is 0 Å². The normalized spacial score (nSPS) is 14.3. The van der Waals surface area contributed by atoms with E-state index in [1.807, 2.05) is 36.4 Å². The van der Waals surface area contributed by atoms with Crippen molar-refractivity contribution in [3.8, 4) is 0 Å². The first kappa shape index (κ1) is 27.7. The summed E-state index contributed by atoms with van der Waals surface area (Å²) in [6.07, 6.45) is 6.09. The van der Waals surface area contributed by atoms with Gasteiger partial charge in [0.2, 0.25) is 0 Å². The minimum Gasteiger partial charge on any atom is -0.465 e. The lowest BCUT2D eigenvalue weighted by molar-refractivity contribution is -0.142. The molecule has 2 aromatic rings. The van der Waals surface area contributed by atoms with Gasteiger partial charge in [0.05, 0.1) is 13.2 Å². The summed E-state index contributed by atoms with van der Waals surface area (Å²) >= 11 is 3.51. The maximum absolute atomic E-state index is 12.3. The molecule has 0 bridgehead atoms. The first-order valence-electron chi connectivity index (χ1n) is 12.4. The van der Waals surface area contributed by atoms with Crippen molar-refractivity contribution in [1.82, 2.24) is 10.6 Å². The van der Waals surface area contributed by atoms with Crippen LogP contribution in [0, 0.1) is 5.92 Å². The number of amides is 1. The number of halogens is 1. The number of rotatable bonds is 12. The molecular weight excluding hydrogens is 524 g/mol. The van der Waals surface area contributed by atoms with E-state index in [0.717, 1.165) is 21.2 Å². The van der Waals surface area contributed by atoms with Gasteiger partial charge in [-0.2, -0.15) is 0 Å². The third-order valence-electron chi connectivity index (χ3n) is 6.07. The molecule has 1 fully saturated rings. The van der Waals surface area contributed by atoms with Crippen LogP contribution in [-0.2, 0) is 25.7 Å². The average Bonchev–Trinajstić information content (AvgIpc) is 2.87. The Bertz CT molecular complexity index is 1050. The molecule has 9 heteroatoms. The summed E-state index contributed by atoms with van der Waals surface area (Å²) in [6, 6.07) is 13.2. The van der Waals surface area contributed by atoms with Gasteiger partial charge in [0, 0.05) is 34.4 Å². The van der Waals surface area contributed by atoms with Crippen molar-refractivity contribution in [1.29, 1.82) is 0 Å². The third kappa shape index (κ3) is 8.95. The molecule has 194 valence electrons. The van der Waals surface area contributed by atoms with Crippen molar-refractivity contribution >= 4 is 39.2 Å². The number of nitrogens with zero attached hydrogens (tertiary/aromatic N) is 1. The molecule has 1 amide bonds. The van der Waals surface area contributed by atoms with Crippen LogP contribution in [0.1, 0.15) is 55.7 Å². The van der Waals surface area contributed by atoms with Crippen molar-refractivity contribution in [3.05, 3.63) is 63.6 Å². The number of nitrogens with two attached hydrogens (primary N) is 1. The number of ether oxygens (including phenoxy) is 1. The summed E-state index contributed by atoms with van der Waals surface area (Å²) in [5.74, 6) is 0.0481. The van der Waals surface area contributed by atoms with E-state index in [1.54, 1.807) is 13.0 Å². The third-order valence-corrected chi connectivity index (χ3v) is 6.56. The SMILES string of the molecule is CCOC(=O)CNCc1cc(C(=NOCC(=O)NCC2CCCCC2)c2cccc(Br)c2)ccc1N. The Hall–Kier alpha value is -2.91. The summed E-state index contributed by atoms with van der Waals surface area (Å²) in [6.45, 7) is 3.10. The molecule has 1 aliphatic carbocycles. The van der Waals surface area contributed by atoms with E-state index < -0.39 is 0 Å². The van der Waals surface area contributed by atoms with Crippen molar-refractivity contribution < 1.29 is 19.2 Å². The number of nitrogen functional groups attached to an aromatic ring is 1. The average molecular weight is 560 g/mol. The smallest absolute Gasteiger partial charge is 0.319 e. The zero-order chi connectivity index (χ0) is 25.8. The van der Waals surface area contributed by atoms with Gasteiger partial charge in [-0.05, 0) is 55.5 Å². The van der Waals surface area contributed by atoms with Gasteiger partial charge >= 0.3 is 5.97 Å². The molecule has 0 saturated heterocycles. The molecule has 0 aromatic heterocycles. The number of carbonyl (C=O) groups excluding carboxylic acids is 2. The van der Waals surface area contributed by atoms with E-state index in [0.29, 0.717) is 37.0 Å². The molecule has 0 heterocycles. The summed E-state index contributed by atoms with van der Waals surface area (Å²) < 4.78 is 5.84. The van der Waals surface area contributed by atoms with Gasteiger partial charge in [-0.25, -0.2) is 0 Å². The topological polar surface area (TPSA) is 115 Å². The molecule has 1 aliphatic rings. The summed E-state index contributed by atoms with van der Waals surface area (Å²) in [7, 11) is 0. The molecule has 2 aromatic carbocycles. The Labute approximate surface area is 221 Å². The maximum Gasteiger partial charge on any atom is 0.319 e. The van der Waals surface area contributed by atoms with Crippen molar-refractivity contribution in [2.75, 3.05) is 32.0 Å². The van der Waals surface area contributed by atoms with E-state index in [1.165, 1.54) is 32.1 Å². The highest BCUT2D eigenvalue weighted by Gasteiger charge is 2.15. The predicted molar refractivity (Wildman–Crippen MR) is 145 cm³/mol. The molecule has 1 saturated carbocycles. The second-order valence-electron chi connectivity index (χ2n) is 8.85. The van der Waals surface area contributed by atoms with Gasteiger partial charge in [0.25, 0.3) is 5.91 Å². The predicted octanol–water partition coefficient (Wildman–Crippen LogP) is 4.15. The monoisotopic (exact) mass is 558 g/mol. The lowest BCUT2D eigenvalue weighted by Crippen LogP contribution is -2.32. The number of benzene rings is 2. The van der Waals surface area contributed by atoms with Gasteiger partial charge in [-0.3, -0.25) is 9.59 Å². The Morgan fingerprint density at radius 2 is 1.89 bits per heavy atom. The van der Waals surface area contributed by atoms with Crippen LogP contribution in [0.3, 0.4) is 0 Å². The fourth-order valence-electron chi connectivity index (χ4n) is 4.18. The van der Waals surface area contributed by atoms with Gasteiger partial charge in [0.1, 0.15) is 5.71 Å². The fraction of sp³-hybridized carbons (Fsp3) is 0.444. The summed E-state index contributed by atoms with van der Waals surface area (Å²) in [5, 5.41) is 10.4. The van der Waals surface area contributed by atoms with Crippen LogP contribution in [0.5, 0.6) is 0 Å². The molecule has 0 atom stereocenters. The molecule has 0 spiro atoms. The van der Waals surface area contributed by atoms with E-state index >= 15 is 0 Å². The van der Waals surface area contributed by atoms with Gasteiger partial charge in [-0.15, -0.1) is 0 Å². The minimum atomic E-state index is -0.321. The molecule has 0 radical (unpaired) electrons. The Balaban J connectivity index is 1.70. The van der Waals surface area contributed by atoms with Gasteiger partial charge in [0.15, 0.2) is 6.61 Å². The van der Waals surface area contributed by atoms with E-state index in [2.05, 4.69) is 31.7 Å². The van der Waals surface area contributed by atoms with E-state index in [9.17, 15) is 9.59 Å². The van der Waals surface area contributed by atoms with Crippen LogP contribution >= 0.6 is 15.9 Å². The van der Waals surface area contributed by atoms with Crippen LogP contribution in [0.15, 0.2) is 52.1 Å². The van der Waals surface area contributed by atoms with Crippen molar-refractivity contribution in [2.24, 2.45) is 11.1 Å². The van der Waals surface area contributed by atoms with Gasteiger partial charge in [-0.1, -0.05) is 58.5 Å². The van der Waals surface area contributed by atoms with Crippen LogP contribution in [0.2, 0.25) is 0 Å². The Morgan fingerprint density at radius 3 is 2.64 bits per heavy atom. The highest BCUT2D eigenvalue weighted by Crippen LogP contribution is 2.23. The van der Waals surface area contributed by atoms with E-state index in [-0.39, 0.29) is 25.0 Å². The molecule has 8 nitrogen and oxygen atoms in total. The number of hydrogen-bond acceptors (Lipinski definition) is 7. The number of nitrogens with one attached hydrogen (secondary N) is 2. The summed E-state index contributed by atoms with van der Waals surface area (Å²) in [4.78, 5) is 29.5. The standard InChI is InChI=1S/C27H35BrN4O4/c1-2-35-26(34)17-30-16-22-13-21(11-12-24(22)29)27(20-9-6-10-23(28)14-20)32-36-18-25(33)31-15-19-7-4-3-5-8-19/h6,9-14,19,30H,2-5,7-8,15-18,29H2,1H3,(H,31,33). The zero-order valence-corrected chi connectivity index (χ0v) is 22.3.